The van der Waals surface area contributed by atoms with E-state index < -0.39 is 6.09 Å². The van der Waals surface area contributed by atoms with Crippen molar-refractivity contribution >= 4 is 23.5 Å². The Bertz CT molecular complexity index is 895. The fraction of sp³-hybridized carbons (Fsp3) is 0.381. The molecule has 2 aromatic rings. The molecule has 1 aromatic heterocycles. The Morgan fingerprint density at radius 2 is 1.93 bits per heavy atom. The summed E-state index contributed by atoms with van der Waals surface area (Å²) in [4.78, 5) is 31.6. The predicted octanol–water partition coefficient (Wildman–Crippen LogP) is 3.91. The maximum Gasteiger partial charge on any atom is 0.408 e. The molecule has 2 amide bonds. The van der Waals surface area contributed by atoms with Crippen molar-refractivity contribution in [3.05, 3.63) is 42.1 Å². The number of nitrogens with two attached hydrogens (primary N) is 1. The van der Waals surface area contributed by atoms with Gasteiger partial charge >= 0.3 is 6.09 Å². The molecular formula is C21H26N4O3. The molecule has 1 aliphatic rings. The molecule has 0 spiro atoms. The van der Waals surface area contributed by atoms with Crippen LogP contribution < -0.4 is 10.6 Å². The molecular weight excluding hydrogens is 356 g/mol. The molecule has 148 valence electrons. The molecule has 0 fully saturated rings. The number of carboxylic acid groups (broad SMARTS) is 1. The highest BCUT2D eigenvalue weighted by atomic mass is 16.4. The predicted molar refractivity (Wildman–Crippen MR) is 109 cm³/mol. The summed E-state index contributed by atoms with van der Waals surface area (Å²) >= 11 is 0. The number of fused-ring (bicyclic) bond motifs is 1. The number of nitrogen functional groups attached to an aromatic ring is 1. The number of carbonyl (C=O) groups excluding carboxylic acids is 1. The maximum absolute atomic E-state index is 12.3. The third-order valence-corrected chi connectivity index (χ3v) is 5.22. The normalized spacial score (nSPS) is 18.7. The number of amides is 2. The molecule has 28 heavy (non-hydrogen) atoms. The second-order valence-corrected chi connectivity index (χ2v) is 7.52. The first-order valence-corrected chi connectivity index (χ1v) is 9.37. The van der Waals surface area contributed by atoms with Gasteiger partial charge in [0.15, 0.2) is 0 Å². The van der Waals surface area contributed by atoms with Crippen LogP contribution >= 0.6 is 0 Å². The second-order valence-electron chi connectivity index (χ2n) is 7.52. The zero-order valence-electron chi connectivity index (χ0n) is 16.6. The van der Waals surface area contributed by atoms with E-state index in [-0.39, 0.29) is 24.0 Å². The average Bonchev–Trinajstić information content (AvgIpc) is 2.61. The van der Waals surface area contributed by atoms with Crippen molar-refractivity contribution in [1.29, 1.82) is 0 Å². The van der Waals surface area contributed by atoms with Crippen molar-refractivity contribution in [2.24, 2.45) is 0 Å². The van der Waals surface area contributed by atoms with Crippen LogP contribution in [0.3, 0.4) is 0 Å². The summed E-state index contributed by atoms with van der Waals surface area (Å²) in [5, 5.41) is 9.82. The quantitative estimate of drug-likeness (QED) is 0.838. The fourth-order valence-electron chi connectivity index (χ4n) is 4.05. The third-order valence-electron chi connectivity index (χ3n) is 5.22. The van der Waals surface area contributed by atoms with E-state index in [0.717, 1.165) is 22.4 Å². The molecule has 2 heterocycles. The molecule has 7 heteroatoms. The molecule has 0 radical (unpaired) electrons. The lowest BCUT2D eigenvalue weighted by Gasteiger charge is -2.43. The summed E-state index contributed by atoms with van der Waals surface area (Å²) in [7, 11) is 0. The van der Waals surface area contributed by atoms with Crippen molar-refractivity contribution in [1.82, 2.24) is 9.88 Å². The molecule has 2 atom stereocenters. The van der Waals surface area contributed by atoms with Crippen molar-refractivity contribution < 1.29 is 14.7 Å². The zero-order valence-corrected chi connectivity index (χ0v) is 16.6. The van der Waals surface area contributed by atoms with Crippen LogP contribution in [-0.4, -0.2) is 39.1 Å². The van der Waals surface area contributed by atoms with Gasteiger partial charge < -0.3 is 15.7 Å². The first kappa shape index (κ1) is 19.7. The zero-order chi connectivity index (χ0) is 20.6. The van der Waals surface area contributed by atoms with Crippen LogP contribution in [0.1, 0.15) is 45.7 Å². The van der Waals surface area contributed by atoms with Crippen molar-refractivity contribution in [3.8, 4) is 11.1 Å². The average molecular weight is 382 g/mol. The van der Waals surface area contributed by atoms with Crippen molar-refractivity contribution in [2.45, 2.75) is 52.2 Å². The molecule has 1 aromatic carbocycles. The Balaban J connectivity index is 2.17. The second kappa shape index (κ2) is 7.50. The number of rotatable bonds is 3. The summed E-state index contributed by atoms with van der Waals surface area (Å²) in [5.41, 5.74) is 9.07. The fourth-order valence-corrected chi connectivity index (χ4v) is 4.05. The standard InChI is InChI=1S/C21H26N4O3/c1-12(2)24(21(27)28)19-9-13(3)25(14(4)26)18-7-5-15(10-17(18)19)16-6-8-20(22)23-11-16/h5-8,10-13,19H,9H2,1-4H3,(H2,22,23)(H,27,28)/t13-,19+/m0/s1. The third kappa shape index (κ3) is 3.52. The van der Waals surface area contributed by atoms with Gasteiger partial charge in [-0.2, -0.15) is 0 Å². The van der Waals surface area contributed by atoms with Gasteiger partial charge in [0, 0.05) is 36.5 Å². The van der Waals surface area contributed by atoms with Gasteiger partial charge in [-0.15, -0.1) is 0 Å². The molecule has 0 saturated heterocycles. The molecule has 3 N–H and O–H groups in total. The SMILES string of the molecule is CC(=O)N1c2ccc(-c3ccc(N)nc3)cc2[C@H](N(C(=O)O)C(C)C)C[C@@H]1C. The van der Waals surface area contributed by atoms with Gasteiger partial charge in [-0.3, -0.25) is 9.69 Å². The van der Waals surface area contributed by atoms with E-state index in [1.54, 1.807) is 17.2 Å². The lowest BCUT2D eigenvalue weighted by atomic mass is 9.88. The Hall–Kier alpha value is -3.09. The van der Waals surface area contributed by atoms with Gasteiger partial charge in [-0.1, -0.05) is 6.07 Å². The van der Waals surface area contributed by atoms with Crippen LogP contribution in [0.25, 0.3) is 11.1 Å². The van der Waals surface area contributed by atoms with E-state index in [9.17, 15) is 14.7 Å². The summed E-state index contributed by atoms with van der Waals surface area (Å²) in [5.74, 6) is 0.383. The maximum atomic E-state index is 12.3. The lowest BCUT2D eigenvalue weighted by molar-refractivity contribution is -0.117. The van der Waals surface area contributed by atoms with Crippen LogP contribution in [-0.2, 0) is 4.79 Å². The molecule has 0 unspecified atom stereocenters. The van der Waals surface area contributed by atoms with E-state index in [0.29, 0.717) is 12.2 Å². The topological polar surface area (TPSA) is 99.8 Å². The van der Waals surface area contributed by atoms with Gasteiger partial charge in [-0.05, 0) is 62.6 Å². The Morgan fingerprint density at radius 3 is 2.46 bits per heavy atom. The Labute approximate surface area is 164 Å². The van der Waals surface area contributed by atoms with E-state index in [1.165, 1.54) is 11.8 Å². The number of carbonyl (C=O) groups is 2. The summed E-state index contributed by atoms with van der Waals surface area (Å²) in [6.45, 7) is 7.22. The van der Waals surface area contributed by atoms with Crippen LogP contribution in [0.4, 0.5) is 16.3 Å². The number of anilines is 2. The highest BCUT2D eigenvalue weighted by Crippen LogP contribution is 2.43. The van der Waals surface area contributed by atoms with Crippen LogP contribution in [0.5, 0.6) is 0 Å². The molecule has 1 aliphatic heterocycles. The monoisotopic (exact) mass is 382 g/mol. The number of pyridine rings is 1. The van der Waals surface area contributed by atoms with Crippen molar-refractivity contribution in [2.75, 3.05) is 10.6 Å². The highest BCUT2D eigenvalue weighted by Gasteiger charge is 2.38. The van der Waals surface area contributed by atoms with Crippen LogP contribution in [0.15, 0.2) is 36.5 Å². The minimum Gasteiger partial charge on any atom is -0.465 e. The van der Waals surface area contributed by atoms with Crippen molar-refractivity contribution in [3.63, 3.8) is 0 Å². The van der Waals surface area contributed by atoms with Gasteiger partial charge in [0.05, 0.1) is 6.04 Å². The smallest absolute Gasteiger partial charge is 0.408 e. The highest BCUT2D eigenvalue weighted by molar-refractivity contribution is 5.94. The summed E-state index contributed by atoms with van der Waals surface area (Å²) < 4.78 is 0. The van der Waals surface area contributed by atoms with E-state index in [4.69, 9.17) is 5.73 Å². The Morgan fingerprint density at radius 1 is 1.25 bits per heavy atom. The minimum atomic E-state index is -0.964. The molecule has 0 bridgehead atoms. The van der Waals surface area contributed by atoms with Gasteiger partial charge in [-0.25, -0.2) is 9.78 Å². The first-order valence-electron chi connectivity index (χ1n) is 9.37. The number of aromatic nitrogens is 1. The van der Waals surface area contributed by atoms with E-state index in [1.807, 2.05) is 45.0 Å². The lowest BCUT2D eigenvalue weighted by Crippen LogP contribution is -2.48. The largest absolute Gasteiger partial charge is 0.465 e. The molecule has 0 aliphatic carbocycles. The first-order chi connectivity index (χ1) is 13.2. The van der Waals surface area contributed by atoms with Crippen LogP contribution in [0, 0.1) is 0 Å². The van der Waals surface area contributed by atoms with E-state index >= 15 is 0 Å². The number of benzene rings is 1. The molecule has 0 saturated carbocycles. The Kier molecular flexibility index (Phi) is 5.27. The minimum absolute atomic E-state index is 0.0551. The van der Waals surface area contributed by atoms with Crippen LogP contribution in [0.2, 0.25) is 0 Å². The van der Waals surface area contributed by atoms with E-state index in [2.05, 4.69) is 4.98 Å². The number of hydrogen-bond acceptors (Lipinski definition) is 4. The van der Waals surface area contributed by atoms with Gasteiger partial charge in [0.1, 0.15) is 5.82 Å². The summed E-state index contributed by atoms with van der Waals surface area (Å²) in [6, 6.07) is 8.78. The number of nitrogens with zero attached hydrogens (tertiary/aromatic N) is 3. The summed E-state index contributed by atoms with van der Waals surface area (Å²) in [6.07, 6.45) is 1.27. The van der Waals surface area contributed by atoms with Gasteiger partial charge in [0.25, 0.3) is 0 Å². The van der Waals surface area contributed by atoms with Gasteiger partial charge in [0.2, 0.25) is 5.91 Å². The molecule has 3 rings (SSSR count). The number of hydrogen-bond donors (Lipinski definition) is 2. The molecule has 7 nitrogen and oxygen atoms in total.